The maximum Gasteiger partial charge on any atom is 0.134 e. The van der Waals surface area contributed by atoms with E-state index in [0.29, 0.717) is 12.5 Å². The average Bonchev–Trinajstić information content (AvgIpc) is 3.13. The molecule has 158 valence electrons. The lowest BCUT2D eigenvalue weighted by Gasteiger charge is -2.33. The predicted molar refractivity (Wildman–Crippen MR) is 128 cm³/mol. The highest BCUT2D eigenvalue weighted by molar-refractivity contribution is 7.16. The number of aliphatic imine (C=N–C) groups is 1. The second-order valence-corrected chi connectivity index (χ2v) is 10.3. The Morgan fingerprint density at radius 2 is 1.97 bits per heavy atom. The highest BCUT2D eigenvalue weighted by atomic mass is 32.1. The fourth-order valence-corrected chi connectivity index (χ4v) is 5.30. The molecule has 0 fully saturated rings. The second kappa shape index (κ2) is 9.08. The third kappa shape index (κ3) is 5.06. The molecule has 0 saturated heterocycles. The number of thiophene rings is 1. The summed E-state index contributed by atoms with van der Waals surface area (Å²) >= 11 is 1.69. The predicted octanol–water partition coefficient (Wildman–Crippen LogP) is 7.10. The standard InChI is InChI=1S/C27H28N2OS/c1-27(2,3)21-12-13-23-24(16-28)26(31-25(23)15-21)29-17-20-10-7-11-22(14-20)30-18-19-8-5-4-6-9-19/h4-11,14,17,21H,12-13,15,18H2,1-3H3/t21-/m0/s1. The van der Waals surface area contributed by atoms with Crippen LogP contribution in [-0.4, -0.2) is 6.21 Å². The lowest BCUT2D eigenvalue weighted by Crippen LogP contribution is -2.26. The van der Waals surface area contributed by atoms with Crippen molar-refractivity contribution in [3.8, 4) is 11.8 Å². The van der Waals surface area contributed by atoms with Crippen LogP contribution in [0.2, 0.25) is 0 Å². The molecule has 0 N–H and O–H groups in total. The molecule has 0 bridgehead atoms. The van der Waals surface area contributed by atoms with Crippen LogP contribution in [0.4, 0.5) is 5.00 Å². The molecule has 1 aliphatic carbocycles. The summed E-state index contributed by atoms with van der Waals surface area (Å²) in [5.74, 6) is 1.47. The Hall–Kier alpha value is -2.90. The zero-order valence-electron chi connectivity index (χ0n) is 18.4. The van der Waals surface area contributed by atoms with Gasteiger partial charge in [-0.05, 0) is 59.4 Å². The van der Waals surface area contributed by atoms with Gasteiger partial charge in [-0.1, -0.05) is 63.2 Å². The minimum atomic E-state index is 0.290. The van der Waals surface area contributed by atoms with Gasteiger partial charge in [-0.2, -0.15) is 5.26 Å². The Balaban J connectivity index is 1.50. The van der Waals surface area contributed by atoms with Crippen molar-refractivity contribution in [1.82, 2.24) is 0 Å². The van der Waals surface area contributed by atoms with E-state index in [0.717, 1.165) is 46.7 Å². The first-order valence-electron chi connectivity index (χ1n) is 10.8. The summed E-state index contributed by atoms with van der Waals surface area (Å²) in [6.07, 6.45) is 5.02. The molecule has 0 unspecified atom stereocenters. The summed E-state index contributed by atoms with van der Waals surface area (Å²) in [6, 6.07) is 20.5. The molecule has 0 radical (unpaired) electrons. The number of nitriles is 1. The van der Waals surface area contributed by atoms with Crippen molar-refractivity contribution in [2.45, 2.75) is 46.6 Å². The highest BCUT2D eigenvalue weighted by Crippen LogP contribution is 2.44. The maximum atomic E-state index is 9.77. The molecule has 1 atom stereocenters. The van der Waals surface area contributed by atoms with Gasteiger partial charge in [0, 0.05) is 11.1 Å². The van der Waals surface area contributed by atoms with Crippen molar-refractivity contribution >= 4 is 22.6 Å². The Morgan fingerprint density at radius 1 is 1.16 bits per heavy atom. The van der Waals surface area contributed by atoms with Crippen LogP contribution < -0.4 is 4.74 Å². The third-order valence-electron chi connectivity index (χ3n) is 6.02. The molecule has 3 aromatic rings. The number of benzene rings is 2. The minimum Gasteiger partial charge on any atom is -0.489 e. The molecule has 2 aromatic carbocycles. The van der Waals surface area contributed by atoms with Gasteiger partial charge in [0.25, 0.3) is 0 Å². The van der Waals surface area contributed by atoms with Gasteiger partial charge in [-0.15, -0.1) is 11.3 Å². The first-order valence-corrected chi connectivity index (χ1v) is 11.6. The van der Waals surface area contributed by atoms with Crippen molar-refractivity contribution in [2.75, 3.05) is 0 Å². The first-order chi connectivity index (χ1) is 14.9. The van der Waals surface area contributed by atoms with Gasteiger partial charge in [0.15, 0.2) is 0 Å². The Morgan fingerprint density at radius 3 is 2.71 bits per heavy atom. The maximum absolute atomic E-state index is 9.77. The average molecular weight is 429 g/mol. The smallest absolute Gasteiger partial charge is 0.134 e. The van der Waals surface area contributed by atoms with E-state index >= 15 is 0 Å². The van der Waals surface area contributed by atoms with Crippen molar-refractivity contribution in [1.29, 1.82) is 5.26 Å². The first kappa shape index (κ1) is 21.3. The van der Waals surface area contributed by atoms with E-state index in [4.69, 9.17) is 9.73 Å². The molecule has 3 nitrogen and oxygen atoms in total. The van der Waals surface area contributed by atoms with Crippen LogP contribution >= 0.6 is 11.3 Å². The molecule has 0 spiro atoms. The summed E-state index contributed by atoms with van der Waals surface area (Å²) in [5, 5.41) is 10.6. The molecule has 0 saturated carbocycles. The quantitative estimate of drug-likeness (QED) is 0.407. The highest BCUT2D eigenvalue weighted by Gasteiger charge is 2.32. The largest absolute Gasteiger partial charge is 0.489 e. The Bertz CT molecular complexity index is 1120. The van der Waals surface area contributed by atoms with Crippen LogP contribution in [0.15, 0.2) is 59.6 Å². The zero-order valence-corrected chi connectivity index (χ0v) is 19.2. The normalized spacial score (nSPS) is 16.1. The lowest BCUT2D eigenvalue weighted by atomic mass is 9.72. The second-order valence-electron chi connectivity index (χ2n) is 9.21. The van der Waals surface area contributed by atoms with Crippen LogP contribution in [0.25, 0.3) is 0 Å². The van der Waals surface area contributed by atoms with Crippen molar-refractivity contribution in [3.63, 3.8) is 0 Å². The summed E-state index contributed by atoms with van der Waals surface area (Å²) < 4.78 is 5.93. The SMILES string of the molecule is CC(C)(C)[C@H]1CCc2c(sc(N=Cc3cccc(OCc4ccccc4)c3)c2C#N)C1. The van der Waals surface area contributed by atoms with Crippen LogP contribution in [0.1, 0.15) is 54.3 Å². The van der Waals surface area contributed by atoms with E-state index < -0.39 is 0 Å². The zero-order chi connectivity index (χ0) is 21.8. The van der Waals surface area contributed by atoms with E-state index in [1.54, 1.807) is 11.3 Å². The van der Waals surface area contributed by atoms with E-state index in [1.807, 2.05) is 48.7 Å². The molecule has 1 aliphatic rings. The van der Waals surface area contributed by atoms with Crippen LogP contribution in [0.5, 0.6) is 5.75 Å². The molecule has 1 aromatic heterocycles. The van der Waals surface area contributed by atoms with Crippen LogP contribution in [0.3, 0.4) is 0 Å². The monoisotopic (exact) mass is 428 g/mol. The molecule has 4 heteroatoms. The van der Waals surface area contributed by atoms with Gasteiger partial charge in [0.05, 0.1) is 5.56 Å². The fraction of sp³-hybridized carbons (Fsp3) is 0.333. The van der Waals surface area contributed by atoms with Gasteiger partial charge < -0.3 is 4.74 Å². The summed E-state index contributed by atoms with van der Waals surface area (Å²) in [7, 11) is 0. The van der Waals surface area contributed by atoms with E-state index in [2.05, 4.69) is 39.0 Å². The lowest BCUT2D eigenvalue weighted by molar-refractivity contribution is 0.218. The number of rotatable bonds is 5. The Labute approximate surface area is 189 Å². The van der Waals surface area contributed by atoms with Gasteiger partial charge in [0.1, 0.15) is 23.4 Å². The number of nitrogens with zero attached hydrogens (tertiary/aromatic N) is 2. The molecule has 31 heavy (non-hydrogen) atoms. The van der Waals surface area contributed by atoms with Crippen molar-refractivity contribution < 1.29 is 4.74 Å². The fourth-order valence-electron chi connectivity index (χ4n) is 4.08. The molecule has 4 rings (SSSR count). The minimum absolute atomic E-state index is 0.290. The summed E-state index contributed by atoms with van der Waals surface area (Å²) in [4.78, 5) is 6.06. The van der Waals surface area contributed by atoms with E-state index in [-0.39, 0.29) is 5.41 Å². The van der Waals surface area contributed by atoms with Gasteiger partial charge in [-0.3, -0.25) is 0 Å². The van der Waals surface area contributed by atoms with Crippen molar-refractivity contribution in [2.24, 2.45) is 16.3 Å². The third-order valence-corrected chi connectivity index (χ3v) is 7.18. The summed E-state index contributed by atoms with van der Waals surface area (Å²) in [5.41, 5.74) is 4.38. The number of fused-ring (bicyclic) bond motifs is 1. The number of hydrogen-bond acceptors (Lipinski definition) is 4. The number of hydrogen-bond donors (Lipinski definition) is 0. The van der Waals surface area contributed by atoms with Gasteiger partial charge in [-0.25, -0.2) is 4.99 Å². The van der Waals surface area contributed by atoms with E-state index in [9.17, 15) is 5.26 Å². The summed E-state index contributed by atoms with van der Waals surface area (Å²) in [6.45, 7) is 7.47. The van der Waals surface area contributed by atoms with Gasteiger partial charge >= 0.3 is 0 Å². The van der Waals surface area contributed by atoms with Crippen molar-refractivity contribution in [3.05, 3.63) is 81.7 Å². The molecular formula is C27H28N2OS. The molecule has 0 aliphatic heterocycles. The number of ether oxygens (including phenoxy) is 1. The molecule has 1 heterocycles. The van der Waals surface area contributed by atoms with E-state index in [1.165, 1.54) is 10.4 Å². The molecule has 0 amide bonds. The van der Waals surface area contributed by atoms with Crippen LogP contribution in [0, 0.1) is 22.7 Å². The topological polar surface area (TPSA) is 45.4 Å². The van der Waals surface area contributed by atoms with Crippen LogP contribution in [-0.2, 0) is 19.4 Å². The Kier molecular flexibility index (Phi) is 6.25. The molecular weight excluding hydrogens is 400 g/mol. The van der Waals surface area contributed by atoms with Gasteiger partial charge in [0.2, 0.25) is 0 Å².